The Bertz CT molecular complexity index is 389. The third-order valence-electron chi connectivity index (χ3n) is 2.67. The first-order valence-corrected chi connectivity index (χ1v) is 5.85. The fourth-order valence-electron chi connectivity index (χ4n) is 1.48. The van der Waals surface area contributed by atoms with Crippen molar-refractivity contribution in [3.8, 4) is 0 Å². The Labute approximate surface area is 105 Å². The van der Waals surface area contributed by atoms with E-state index in [1.165, 1.54) is 6.26 Å². The van der Waals surface area contributed by atoms with Gasteiger partial charge in [0.15, 0.2) is 0 Å². The molecular weight excluding hydrogens is 236 g/mol. The Morgan fingerprint density at radius 1 is 1.50 bits per heavy atom. The van der Waals surface area contributed by atoms with Gasteiger partial charge in [-0.25, -0.2) is 4.79 Å². The number of aliphatic carboxylic acids is 1. The number of hydrogen-bond acceptors (Lipinski definition) is 3. The van der Waals surface area contributed by atoms with Crippen LogP contribution in [-0.2, 0) is 4.79 Å². The van der Waals surface area contributed by atoms with Crippen LogP contribution in [0.4, 0.5) is 4.79 Å². The molecule has 0 fully saturated rings. The lowest BCUT2D eigenvalue weighted by molar-refractivity contribution is -0.141. The van der Waals surface area contributed by atoms with Crippen molar-refractivity contribution in [2.75, 3.05) is 6.54 Å². The van der Waals surface area contributed by atoms with Crippen molar-refractivity contribution in [2.24, 2.45) is 5.92 Å². The van der Waals surface area contributed by atoms with Gasteiger partial charge in [-0.15, -0.1) is 0 Å². The van der Waals surface area contributed by atoms with E-state index in [0.29, 0.717) is 12.2 Å². The Hall–Kier alpha value is -1.98. The molecule has 0 saturated carbocycles. The summed E-state index contributed by atoms with van der Waals surface area (Å²) in [5.41, 5.74) is 0. The molecule has 0 aliphatic heterocycles. The molecular formula is C12H18N2O4. The van der Waals surface area contributed by atoms with Gasteiger partial charge < -0.3 is 20.2 Å². The molecule has 18 heavy (non-hydrogen) atoms. The van der Waals surface area contributed by atoms with Crippen LogP contribution in [0.3, 0.4) is 0 Å². The fraction of sp³-hybridized carbons (Fsp3) is 0.500. The highest BCUT2D eigenvalue weighted by atomic mass is 16.4. The molecule has 2 unspecified atom stereocenters. The number of carbonyl (C=O) groups is 2. The van der Waals surface area contributed by atoms with Crippen molar-refractivity contribution in [1.82, 2.24) is 10.6 Å². The van der Waals surface area contributed by atoms with Crippen molar-refractivity contribution in [2.45, 2.75) is 26.3 Å². The average Bonchev–Trinajstić information content (AvgIpc) is 2.82. The fourth-order valence-corrected chi connectivity index (χ4v) is 1.48. The quantitative estimate of drug-likeness (QED) is 0.721. The van der Waals surface area contributed by atoms with Gasteiger partial charge in [-0.1, -0.05) is 6.92 Å². The lowest BCUT2D eigenvalue weighted by Crippen LogP contribution is -2.40. The van der Waals surface area contributed by atoms with Crippen LogP contribution in [0.5, 0.6) is 0 Å². The highest BCUT2D eigenvalue weighted by Crippen LogP contribution is 2.11. The topological polar surface area (TPSA) is 91.6 Å². The minimum atomic E-state index is -0.906. The van der Waals surface area contributed by atoms with E-state index in [4.69, 9.17) is 9.52 Å². The van der Waals surface area contributed by atoms with Crippen molar-refractivity contribution < 1.29 is 19.1 Å². The van der Waals surface area contributed by atoms with Gasteiger partial charge in [-0.2, -0.15) is 0 Å². The number of rotatable bonds is 6. The first-order valence-electron chi connectivity index (χ1n) is 5.85. The molecule has 0 bridgehead atoms. The Kier molecular flexibility index (Phi) is 5.23. The van der Waals surface area contributed by atoms with Gasteiger partial charge in [0.25, 0.3) is 0 Å². The van der Waals surface area contributed by atoms with E-state index in [9.17, 15) is 9.59 Å². The van der Waals surface area contributed by atoms with Crippen LogP contribution in [0.25, 0.3) is 0 Å². The van der Waals surface area contributed by atoms with E-state index in [1.54, 1.807) is 26.0 Å². The summed E-state index contributed by atoms with van der Waals surface area (Å²) in [6, 6.07) is 2.84. The van der Waals surface area contributed by atoms with E-state index in [0.717, 1.165) is 0 Å². The molecule has 0 aliphatic rings. The summed E-state index contributed by atoms with van der Waals surface area (Å²) in [6.45, 7) is 3.67. The molecule has 0 aliphatic carbocycles. The Morgan fingerprint density at radius 3 is 2.72 bits per heavy atom. The summed E-state index contributed by atoms with van der Waals surface area (Å²) in [4.78, 5) is 22.3. The molecule has 1 aromatic heterocycles. The van der Waals surface area contributed by atoms with Crippen LogP contribution in [0.1, 0.15) is 32.1 Å². The third-order valence-corrected chi connectivity index (χ3v) is 2.67. The van der Waals surface area contributed by atoms with E-state index >= 15 is 0 Å². The van der Waals surface area contributed by atoms with Crippen LogP contribution in [0, 0.1) is 5.92 Å². The number of carbonyl (C=O) groups excluding carboxylic acids is 1. The smallest absolute Gasteiger partial charge is 0.315 e. The molecule has 0 saturated heterocycles. The zero-order valence-corrected chi connectivity index (χ0v) is 10.5. The maximum Gasteiger partial charge on any atom is 0.315 e. The predicted octanol–water partition coefficient (Wildman–Crippen LogP) is 1.75. The van der Waals surface area contributed by atoms with Crippen molar-refractivity contribution >= 4 is 12.0 Å². The maximum atomic E-state index is 11.5. The monoisotopic (exact) mass is 254 g/mol. The number of hydrogen-bond donors (Lipinski definition) is 3. The van der Waals surface area contributed by atoms with Crippen molar-refractivity contribution in [1.29, 1.82) is 0 Å². The van der Waals surface area contributed by atoms with Crippen LogP contribution in [0.2, 0.25) is 0 Å². The van der Waals surface area contributed by atoms with Crippen LogP contribution >= 0.6 is 0 Å². The number of carboxylic acid groups (broad SMARTS) is 1. The summed E-state index contributed by atoms with van der Waals surface area (Å²) < 4.78 is 5.14. The van der Waals surface area contributed by atoms with E-state index < -0.39 is 17.9 Å². The van der Waals surface area contributed by atoms with Gasteiger partial charge in [0.1, 0.15) is 5.76 Å². The largest absolute Gasteiger partial charge is 0.481 e. The van der Waals surface area contributed by atoms with Crippen molar-refractivity contribution in [3.63, 3.8) is 0 Å². The van der Waals surface area contributed by atoms with E-state index in [1.807, 2.05) is 0 Å². The third kappa shape index (κ3) is 4.12. The van der Waals surface area contributed by atoms with Gasteiger partial charge in [-0.05, 0) is 25.5 Å². The number of urea groups is 1. The second kappa shape index (κ2) is 6.68. The molecule has 2 atom stereocenters. The number of amides is 2. The molecule has 0 radical (unpaired) electrons. The van der Waals surface area contributed by atoms with Gasteiger partial charge in [0, 0.05) is 6.54 Å². The zero-order valence-electron chi connectivity index (χ0n) is 10.5. The molecule has 6 nitrogen and oxygen atoms in total. The minimum absolute atomic E-state index is 0.114. The Morgan fingerprint density at radius 2 is 2.22 bits per heavy atom. The van der Waals surface area contributed by atoms with Crippen molar-refractivity contribution in [3.05, 3.63) is 24.2 Å². The van der Waals surface area contributed by atoms with Gasteiger partial charge in [-0.3, -0.25) is 4.79 Å². The van der Waals surface area contributed by atoms with Gasteiger partial charge >= 0.3 is 12.0 Å². The molecule has 0 aromatic carbocycles. The summed E-state index contributed by atoms with van der Waals surface area (Å²) in [5, 5.41) is 14.0. The minimum Gasteiger partial charge on any atom is -0.481 e. The molecule has 1 rings (SSSR count). The Balaban J connectivity index is 2.35. The van der Waals surface area contributed by atoms with Crippen LogP contribution < -0.4 is 10.6 Å². The number of nitrogens with one attached hydrogen (secondary N) is 2. The summed E-state index contributed by atoms with van der Waals surface area (Å²) in [5.74, 6) is -0.818. The summed E-state index contributed by atoms with van der Waals surface area (Å²) in [7, 11) is 0. The highest BCUT2D eigenvalue weighted by molar-refractivity contribution is 5.76. The predicted molar refractivity (Wildman–Crippen MR) is 65.1 cm³/mol. The van der Waals surface area contributed by atoms with Crippen LogP contribution in [-0.4, -0.2) is 23.7 Å². The number of carboxylic acids is 1. The van der Waals surface area contributed by atoms with E-state index in [-0.39, 0.29) is 12.6 Å². The molecule has 3 N–H and O–H groups in total. The number of furan rings is 1. The molecule has 0 spiro atoms. The van der Waals surface area contributed by atoms with Gasteiger partial charge in [0.2, 0.25) is 0 Å². The lowest BCUT2D eigenvalue weighted by Gasteiger charge is -2.14. The van der Waals surface area contributed by atoms with E-state index in [2.05, 4.69) is 10.6 Å². The zero-order chi connectivity index (χ0) is 13.5. The normalized spacial score (nSPS) is 13.7. The first kappa shape index (κ1) is 14.1. The summed E-state index contributed by atoms with van der Waals surface area (Å²) >= 11 is 0. The van der Waals surface area contributed by atoms with Gasteiger partial charge in [0.05, 0.1) is 18.2 Å². The molecule has 100 valence electrons. The summed E-state index contributed by atoms with van der Waals surface area (Å²) in [6.07, 6.45) is 2.01. The lowest BCUT2D eigenvalue weighted by atomic mass is 10.1. The highest BCUT2D eigenvalue weighted by Gasteiger charge is 2.17. The van der Waals surface area contributed by atoms with Crippen LogP contribution in [0.15, 0.2) is 22.8 Å². The standard InChI is InChI=1S/C12H18N2O4/c1-3-9(11(15)16)7-13-12(17)14-8(2)10-5-4-6-18-10/h4-6,8-9H,3,7H2,1-2H3,(H,15,16)(H2,13,14,17). The molecule has 1 heterocycles. The average molecular weight is 254 g/mol. The maximum absolute atomic E-state index is 11.5. The molecule has 1 aromatic rings. The SMILES string of the molecule is CCC(CNC(=O)NC(C)c1ccco1)C(=O)O. The first-order chi connectivity index (χ1) is 8.54. The molecule has 2 amide bonds. The second-order valence-electron chi connectivity index (χ2n) is 4.03. The second-order valence-corrected chi connectivity index (χ2v) is 4.03. The molecule has 6 heteroatoms.